The van der Waals surface area contributed by atoms with Crippen molar-refractivity contribution >= 4 is 8.32 Å². The Morgan fingerprint density at radius 2 is 1.76 bits per heavy atom. The third-order valence-electron chi connectivity index (χ3n) is 3.70. The Kier molecular flexibility index (Phi) is 6.92. The summed E-state index contributed by atoms with van der Waals surface area (Å²) in [5.41, 5.74) is 0. The molecule has 3 nitrogen and oxygen atoms in total. The van der Waals surface area contributed by atoms with Gasteiger partial charge in [0.1, 0.15) is 0 Å². The lowest BCUT2D eigenvalue weighted by Crippen LogP contribution is -2.42. The fraction of sp³-hybridized carbons (Fsp3) is 1.00. The van der Waals surface area contributed by atoms with Gasteiger partial charge in [-0.1, -0.05) is 20.8 Å². The van der Waals surface area contributed by atoms with Crippen molar-refractivity contribution in [1.29, 1.82) is 0 Å². The van der Waals surface area contributed by atoms with Crippen LogP contribution in [-0.2, 0) is 4.43 Å². The Morgan fingerprint density at radius 3 is 2.12 bits per heavy atom. The largest absolute Gasteiger partial charge is 0.417 e. The molecule has 0 aliphatic rings. The molecule has 0 aromatic rings. The highest BCUT2D eigenvalue weighted by molar-refractivity contribution is 6.74. The van der Waals surface area contributed by atoms with Gasteiger partial charge in [0.2, 0.25) is 0 Å². The molecule has 0 aromatic heterocycles. The second kappa shape index (κ2) is 6.88. The number of aliphatic hydroxyl groups excluding tert-OH is 2. The minimum Gasteiger partial charge on any atom is -0.417 e. The summed E-state index contributed by atoms with van der Waals surface area (Å²) in [6.07, 6.45) is 1.09. The minimum atomic E-state index is -1.71. The molecule has 0 saturated heterocycles. The molecular weight excluding hydrogens is 232 g/mol. The number of aliphatic hydroxyl groups is 2. The summed E-state index contributed by atoms with van der Waals surface area (Å²) in [5, 5.41) is 18.6. The van der Waals surface area contributed by atoms with Crippen LogP contribution in [0.15, 0.2) is 0 Å². The van der Waals surface area contributed by atoms with E-state index in [2.05, 4.69) is 33.9 Å². The van der Waals surface area contributed by atoms with Crippen LogP contribution in [0.5, 0.6) is 0 Å². The van der Waals surface area contributed by atoms with Crippen LogP contribution in [-0.4, -0.2) is 37.8 Å². The summed E-state index contributed by atoms with van der Waals surface area (Å²) in [4.78, 5) is 0. The summed E-state index contributed by atoms with van der Waals surface area (Å²) in [7, 11) is -1.71. The quantitative estimate of drug-likeness (QED) is 0.694. The van der Waals surface area contributed by atoms with Gasteiger partial charge < -0.3 is 14.6 Å². The molecule has 0 spiro atoms. The van der Waals surface area contributed by atoms with E-state index >= 15 is 0 Å². The Bertz CT molecular complexity index is 209. The monoisotopic (exact) mass is 262 g/mol. The molecule has 4 heteroatoms. The lowest BCUT2D eigenvalue weighted by atomic mass is 10.0. The molecule has 0 rings (SSSR count). The van der Waals surface area contributed by atoms with Crippen LogP contribution < -0.4 is 0 Å². The van der Waals surface area contributed by atoms with Crippen LogP contribution in [0.1, 0.15) is 40.5 Å². The smallest absolute Gasteiger partial charge is 0.191 e. The zero-order valence-corrected chi connectivity index (χ0v) is 13.3. The van der Waals surface area contributed by atoms with Crippen LogP contribution in [0.25, 0.3) is 0 Å². The molecule has 2 unspecified atom stereocenters. The van der Waals surface area contributed by atoms with E-state index < -0.39 is 8.32 Å². The van der Waals surface area contributed by atoms with Gasteiger partial charge in [-0.25, -0.2) is 0 Å². The van der Waals surface area contributed by atoms with Crippen molar-refractivity contribution in [2.45, 2.75) is 64.8 Å². The molecule has 2 N–H and O–H groups in total. The van der Waals surface area contributed by atoms with Gasteiger partial charge in [0.25, 0.3) is 0 Å². The first-order valence-electron chi connectivity index (χ1n) is 6.53. The molecule has 2 atom stereocenters. The van der Waals surface area contributed by atoms with E-state index in [1.165, 1.54) is 0 Å². The second-order valence-electron chi connectivity index (χ2n) is 6.53. The Balaban J connectivity index is 4.29. The predicted molar refractivity (Wildman–Crippen MR) is 74.6 cm³/mol. The first-order chi connectivity index (χ1) is 7.60. The first-order valence-corrected chi connectivity index (χ1v) is 9.44. The van der Waals surface area contributed by atoms with Crippen molar-refractivity contribution in [3.8, 4) is 0 Å². The minimum absolute atomic E-state index is 0.165. The van der Waals surface area contributed by atoms with Gasteiger partial charge in [-0.05, 0) is 43.8 Å². The third-order valence-corrected chi connectivity index (χ3v) is 8.20. The van der Waals surface area contributed by atoms with Gasteiger partial charge in [0.15, 0.2) is 8.32 Å². The zero-order valence-electron chi connectivity index (χ0n) is 12.3. The van der Waals surface area contributed by atoms with Gasteiger partial charge >= 0.3 is 0 Å². The van der Waals surface area contributed by atoms with E-state index in [4.69, 9.17) is 9.53 Å². The second-order valence-corrected chi connectivity index (χ2v) is 11.3. The summed E-state index contributed by atoms with van der Waals surface area (Å²) < 4.78 is 6.13. The highest BCUT2D eigenvalue weighted by Crippen LogP contribution is 2.37. The van der Waals surface area contributed by atoms with Gasteiger partial charge in [0.05, 0.1) is 6.10 Å². The van der Waals surface area contributed by atoms with Crippen molar-refractivity contribution < 1.29 is 14.6 Å². The van der Waals surface area contributed by atoms with Gasteiger partial charge in [-0.3, -0.25) is 0 Å². The molecule has 0 radical (unpaired) electrons. The molecule has 0 aromatic carbocycles. The highest BCUT2D eigenvalue weighted by atomic mass is 28.4. The lowest BCUT2D eigenvalue weighted by molar-refractivity contribution is 0.115. The normalized spacial score (nSPS) is 16.9. The van der Waals surface area contributed by atoms with Crippen molar-refractivity contribution in [3.63, 3.8) is 0 Å². The van der Waals surface area contributed by atoms with Crippen molar-refractivity contribution in [3.05, 3.63) is 0 Å². The maximum atomic E-state index is 9.41. The molecule has 0 amide bonds. The number of hydrogen-bond acceptors (Lipinski definition) is 3. The summed E-state index contributed by atoms with van der Waals surface area (Å²) >= 11 is 0. The van der Waals surface area contributed by atoms with Gasteiger partial charge in [-0.2, -0.15) is 0 Å². The molecule has 0 aliphatic carbocycles. The van der Waals surface area contributed by atoms with E-state index in [-0.39, 0.29) is 23.7 Å². The van der Waals surface area contributed by atoms with Crippen molar-refractivity contribution in [1.82, 2.24) is 0 Å². The lowest BCUT2D eigenvalue weighted by Gasteiger charge is -2.37. The molecule has 0 saturated carbocycles. The SMILES string of the molecule is CC(O)CC(CCO)CO[Si](C)(C)C(C)(C)C. The van der Waals surface area contributed by atoms with Crippen LogP contribution >= 0.6 is 0 Å². The van der Waals surface area contributed by atoms with Crippen LogP contribution in [0.4, 0.5) is 0 Å². The summed E-state index contributed by atoms with van der Waals surface area (Å²) in [6.45, 7) is 13.7. The van der Waals surface area contributed by atoms with Crippen molar-refractivity contribution in [2.24, 2.45) is 5.92 Å². The van der Waals surface area contributed by atoms with Crippen molar-refractivity contribution in [2.75, 3.05) is 13.2 Å². The maximum Gasteiger partial charge on any atom is 0.191 e. The molecule has 104 valence electrons. The Morgan fingerprint density at radius 1 is 1.24 bits per heavy atom. The molecule has 0 heterocycles. The predicted octanol–water partition coefficient (Wildman–Crippen LogP) is 2.78. The van der Waals surface area contributed by atoms with E-state index in [0.717, 1.165) is 0 Å². The molecular formula is C13H30O3Si. The van der Waals surface area contributed by atoms with E-state index in [1.807, 2.05) is 0 Å². The average Bonchev–Trinajstić information content (AvgIpc) is 2.12. The average molecular weight is 262 g/mol. The fourth-order valence-electron chi connectivity index (χ4n) is 1.48. The van der Waals surface area contributed by atoms with E-state index in [0.29, 0.717) is 19.4 Å². The Hall–Kier alpha value is 0.0969. The maximum absolute atomic E-state index is 9.41. The molecule has 17 heavy (non-hydrogen) atoms. The topological polar surface area (TPSA) is 49.7 Å². The summed E-state index contributed by atoms with van der Waals surface area (Å²) in [6, 6.07) is 0. The summed E-state index contributed by atoms with van der Waals surface area (Å²) in [5.74, 6) is 0.258. The van der Waals surface area contributed by atoms with Crippen LogP contribution in [0, 0.1) is 5.92 Å². The molecule has 0 bridgehead atoms. The molecule has 0 aliphatic heterocycles. The first kappa shape index (κ1) is 17.1. The van der Waals surface area contributed by atoms with Crippen LogP contribution in [0.2, 0.25) is 18.1 Å². The Labute approximate surface area is 107 Å². The van der Waals surface area contributed by atoms with Crippen LogP contribution in [0.3, 0.4) is 0 Å². The van der Waals surface area contributed by atoms with E-state index in [1.54, 1.807) is 6.92 Å². The standard InChI is InChI=1S/C13H30O3Si/c1-11(15)9-12(7-8-14)10-16-17(5,6)13(2,3)4/h11-12,14-15H,7-10H2,1-6H3. The fourth-order valence-corrected chi connectivity index (χ4v) is 2.56. The number of hydrogen-bond donors (Lipinski definition) is 2. The highest BCUT2D eigenvalue weighted by Gasteiger charge is 2.37. The zero-order chi connectivity index (χ0) is 13.7. The molecule has 0 fully saturated rings. The van der Waals surface area contributed by atoms with Gasteiger partial charge in [0, 0.05) is 13.2 Å². The van der Waals surface area contributed by atoms with Gasteiger partial charge in [-0.15, -0.1) is 0 Å². The van der Waals surface area contributed by atoms with E-state index in [9.17, 15) is 5.11 Å². The number of rotatable bonds is 7. The third kappa shape index (κ3) is 6.55.